The number of hydrogen-bond acceptors (Lipinski definition) is 6. The minimum absolute atomic E-state index is 0.0816. The van der Waals surface area contributed by atoms with E-state index in [4.69, 9.17) is 22.4 Å². The number of carbonyl (C=O) groups excluding carboxylic acids is 1. The maximum absolute atomic E-state index is 11.8. The Morgan fingerprint density at radius 3 is 2.62 bits per heavy atom. The predicted octanol–water partition coefficient (Wildman–Crippen LogP) is 1.26. The van der Waals surface area contributed by atoms with Crippen molar-refractivity contribution < 1.29 is 9.90 Å². The van der Waals surface area contributed by atoms with Crippen molar-refractivity contribution in [1.29, 1.82) is 0 Å². The summed E-state index contributed by atoms with van der Waals surface area (Å²) in [6.45, 7) is 0.845. The molecule has 1 aromatic heterocycles. The zero-order valence-corrected chi connectivity index (χ0v) is 11.8. The zero-order valence-electron chi connectivity index (χ0n) is 11.0. The second kappa shape index (κ2) is 6.76. The molecule has 0 fully saturated rings. The number of nitrogen functional groups attached to an aromatic ring is 1. The smallest absolute Gasteiger partial charge is 0.251 e. The molecule has 0 unspecified atom stereocenters. The van der Waals surface area contributed by atoms with E-state index in [0.717, 1.165) is 0 Å². The standard InChI is InChI=1S/C13H14ClN5O2/c14-10-7-11(19-13(15)18-10)16-5-6-17-12(21)8-1-3-9(20)4-2-8/h1-4,7,20H,5-6H2,(H,17,21)(H3,15,16,18,19). The Hall–Kier alpha value is -2.54. The first-order valence-electron chi connectivity index (χ1n) is 6.16. The third kappa shape index (κ3) is 4.50. The lowest BCUT2D eigenvalue weighted by Gasteiger charge is -2.08. The number of nitrogens with two attached hydrogens (primary N) is 1. The van der Waals surface area contributed by atoms with E-state index in [-0.39, 0.29) is 22.8 Å². The molecular formula is C13H14ClN5O2. The molecule has 0 spiro atoms. The third-order valence-electron chi connectivity index (χ3n) is 2.56. The summed E-state index contributed by atoms with van der Waals surface area (Å²) < 4.78 is 0. The van der Waals surface area contributed by atoms with Gasteiger partial charge < -0.3 is 21.5 Å². The van der Waals surface area contributed by atoms with E-state index in [2.05, 4.69) is 20.6 Å². The van der Waals surface area contributed by atoms with Crippen molar-refractivity contribution in [3.05, 3.63) is 41.0 Å². The molecule has 0 aliphatic rings. The minimum atomic E-state index is -0.225. The summed E-state index contributed by atoms with van der Waals surface area (Å²) in [7, 11) is 0. The van der Waals surface area contributed by atoms with Crippen LogP contribution in [0.15, 0.2) is 30.3 Å². The molecule has 0 radical (unpaired) electrons. The highest BCUT2D eigenvalue weighted by molar-refractivity contribution is 6.29. The summed E-state index contributed by atoms with van der Waals surface area (Å²) in [5.41, 5.74) is 5.94. The topological polar surface area (TPSA) is 113 Å². The average molecular weight is 308 g/mol. The number of aromatic hydroxyl groups is 1. The van der Waals surface area contributed by atoms with Gasteiger partial charge >= 0.3 is 0 Å². The molecule has 5 N–H and O–H groups in total. The van der Waals surface area contributed by atoms with Gasteiger partial charge in [-0.1, -0.05) is 11.6 Å². The Morgan fingerprint density at radius 2 is 1.95 bits per heavy atom. The highest BCUT2D eigenvalue weighted by Crippen LogP contribution is 2.12. The van der Waals surface area contributed by atoms with Crippen LogP contribution >= 0.6 is 11.6 Å². The molecule has 1 heterocycles. The molecule has 1 amide bonds. The van der Waals surface area contributed by atoms with Crippen LogP contribution < -0.4 is 16.4 Å². The first-order valence-corrected chi connectivity index (χ1v) is 6.53. The van der Waals surface area contributed by atoms with Gasteiger partial charge in [-0.15, -0.1) is 0 Å². The van der Waals surface area contributed by atoms with E-state index in [0.29, 0.717) is 24.5 Å². The number of amides is 1. The van der Waals surface area contributed by atoms with Crippen LogP contribution in [-0.2, 0) is 0 Å². The summed E-state index contributed by atoms with van der Waals surface area (Å²) in [5.74, 6) is 0.466. The molecule has 21 heavy (non-hydrogen) atoms. The van der Waals surface area contributed by atoms with E-state index in [9.17, 15) is 4.79 Å². The number of aromatic nitrogens is 2. The monoisotopic (exact) mass is 307 g/mol. The molecule has 0 saturated heterocycles. The van der Waals surface area contributed by atoms with Crippen LogP contribution in [0, 0.1) is 0 Å². The van der Waals surface area contributed by atoms with Crippen LogP contribution in [0.4, 0.5) is 11.8 Å². The van der Waals surface area contributed by atoms with Crippen molar-refractivity contribution in [3.8, 4) is 5.75 Å². The Bertz CT molecular complexity index is 613. The first kappa shape index (κ1) is 14.9. The fourth-order valence-electron chi connectivity index (χ4n) is 1.61. The van der Waals surface area contributed by atoms with Gasteiger partial charge in [0.15, 0.2) is 0 Å². The summed E-state index contributed by atoms with van der Waals surface area (Å²) in [5, 5.41) is 15.1. The van der Waals surface area contributed by atoms with Crippen LogP contribution in [0.5, 0.6) is 5.75 Å². The number of anilines is 2. The summed E-state index contributed by atoms with van der Waals surface area (Å²) in [6.07, 6.45) is 0. The van der Waals surface area contributed by atoms with Crippen molar-refractivity contribution >= 4 is 29.3 Å². The Labute approximate surface area is 126 Å². The molecule has 0 aliphatic heterocycles. The fraction of sp³-hybridized carbons (Fsp3) is 0.154. The Kier molecular flexibility index (Phi) is 4.78. The lowest BCUT2D eigenvalue weighted by atomic mass is 10.2. The third-order valence-corrected chi connectivity index (χ3v) is 2.75. The minimum Gasteiger partial charge on any atom is -0.508 e. The molecular weight excluding hydrogens is 294 g/mol. The number of carbonyl (C=O) groups is 1. The van der Waals surface area contributed by atoms with Crippen molar-refractivity contribution in [2.45, 2.75) is 0 Å². The van der Waals surface area contributed by atoms with Gasteiger partial charge in [0.2, 0.25) is 5.95 Å². The maximum Gasteiger partial charge on any atom is 0.251 e. The second-order valence-electron chi connectivity index (χ2n) is 4.16. The van der Waals surface area contributed by atoms with Crippen molar-refractivity contribution in [2.75, 3.05) is 24.1 Å². The summed E-state index contributed by atoms with van der Waals surface area (Å²) in [4.78, 5) is 19.5. The summed E-state index contributed by atoms with van der Waals surface area (Å²) in [6, 6.07) is 7.54. The van der Waals surface area contributed by atoms with Crippen molar-refractivity contribution in [1.82, 2.24) is 15.3 Å². The highest BCUT2D eigenvalue weighted by Gasteiger charge is 2.04. The number of benzene rings is 1. The van der Waals surface area contributed by atoms with E-state index in [1.165, 1.54) is 12.1 Å². The number of nitrogens with zero attached hydrogens (tertiary/aromatic N) is 2. The molecule has 2 rings (SSSR count). The fourth-order valence-corrected chi connectivity index (χ4v) is 1.80. The number of halogens is 1. The molecule has 0 saturated carbocycles. The molecule has 110 valence electrons. The summed E-state index contributed by atoms with van der Waals surface area (Å²) >= 11 is 5.74. The van der Waals surface area contributed by atoms with E-state index in [1.54, 1.807) is 18.2 Å². The van der Waals surface area contributed by atoms with Gasteiger partial charge in [0.25, 0.3) is 5.91 Å². The van der Waals surface area contributed by atoms with Gasteiger partial charge in [0, 0.05) is 24.7 Å². The van der Waals surface area contributed by atoms with Crippen LogP contribution in [0.25, 0.3) is 0 Å². The first-order chi connectivity index (χ1) is 10.0. The van der Waals surface area contributed by atoms with Crippen LogP contribution in [0.1, 0.15) is 10.4 Å². The molecule has 8 heteroatoms. The Morgan fingerprint density at radius 1 is 1.24 bits per heavy atom. The maximum atomic E-state index is 11.8. The number of phenolic OH excluding ortho intramolecular Hbond substituents is 1. The van der Waals surface area contributed by atoms with E-state index < -0.39 is 0 Å². The largest absolute Gasteiger partial charge is 0.508 e. The predicted molar refractivity (Wildman–Crippen MR) is 80.4 cm³/mol. The second-order valence-corrected chi connectivity index (χ2v) is 4.55. The number of nitrogens with one attached hydrogen (secondary N) is 2. The lowest BCUT2D eigenvalue weighted by molar-refractivity contribution is 0.0955. The van der Waals surface area contributed by atoms with Gasteiger partial charge in [-0.2, -0.15) is 4.98 Å². The zero-order chi connectivity index (χ0) is 15.2. The quantitative estimate of drug-likeness (QED) is 0.488. The van der Waals surface area contributed by atoms with Gasteiger partial charge in [-0.25, -0.2) is 4.98 Å². The average Bonchev–Trinajstić information content (AvgIpc) is 2.43. The van der Waals surface area contributed by atoms with Crippen molar-refractivity contribution in [3.63, 3.8) is 0 Å². The molecule has 0 atom stereocenters. The molecule has 1 aromatic carbocycles. The number of rotatable bonds is 5. The molecule has 2 aromatic rings. The van der Waals surface area contributed by atoms with E-state index in [1.807, 2.05) is 0 Å². The molecule has 0 bridgehead atoms. The van der Waals surface area contributed by atoms with Crippen molar-refractivity contribution in [2.24, 2.45) is 0 Å². The van der Waals surface area contributed by atoms with Gasteiger partial charge in [0.05, 0.1) is 0 Å². The Balaban J connectivity index is 1.79. The molecule has 7 nitrogen and oxygen atoms in total. The normalized spacial score (nSPS) is 10.1. The number of hydrogen-bond donors (Lipinski definition) is 4. The lowest BCUT2D eigenvalue weighted by Crippen LogP contribution is -2.28. The van der Waals surface area contributed by atoms with Gasteiger partial charge in [-0.05, 0) is 24.3 Å². The molecule has 0 aliphatic carbocycles. The van der Waals surface area contributed by atoms with Crippen LogP contribution in [0.2, 0.25) is 5.15 Å². The van der Waals surface area contributed by atoms with Crippen LogP contribution in [0.3, 0.4) is 0 Å². The number of phenols is 1. The van der Waals surface area contributed by atoms with Gasteiger partial charge in [-0.3, -0.25) is 4.79 Å². The van der Waals surface area contributed by atoms with E-state index >= 15 is 0 Å². The highest BCUT2D eigenvalue weighted by atomic mass is 35.5. The SMILES string of the molecule is Nc1nc(Cl)cc(NCCNC(=O)c2ccc(O)cc2)n1. The van der Waals surface area contributed by atoms with Gasteiger partial charge in [0.1, 0.15) is 16.7 Å². The van der Waals surface area contributed by atoms with Crippen LogP contribution in [-0.4, -0.2) is 34.1 Å².